The van der Waals surface area contributed by atoms with E-state index in [0.717, 1.165) is 12.6 Å². The first kappa shape index (κ1) is 6.81. The standard InChI is InChI=1S/C8H15N/c1-7-4-5-9(3)8(2)6-7/h4,8H,5-6H2,1-3H3/t8-/m0/s1. The third kappa shape index (κ3) is 1.55. The van der Waals surface area contributed by atoms with Gasteiger partial charge >= 0.3 is 0 Å². The van der Waals surface area contributed by atoms with Crippen LogP contribution in [0.5, 0.6) is 0 Å². The van der Waals surface area contributed by atoms with Crippen LogP contribution < -0.4 is 0 Å². The van der Waals surface area contributed by atoms with Gasteiger partial charge in [-0.05, 0) is 27.3 Å². The van der Waals surface area contributed by atoms with Gasteiger partial charge in [-0.1, -0.05) is 11.6 Å². The zero-order valence-corrected chi connectivity index (χ0v) is 6.52. The molecule has 0 aromatic heterocycles. The summed E-state index contributed by atoms with van der Waals surface area (Å²) in [4.78, 5) is 2.37. The Morgan fingerprint density at radius 3 is 2.78 bits per heavy atom. The van der Waals surface area contributed by atoms with Gasteiger partial charge in [0.1, 0.15) is 0 Å². The van der Waals surface area contributed by atoms with E-state index >= 15 is 0 Å². The second-order valence-electron chi connectivity index (χ2n) is 3.04. The van der Waals surface area contributed by atoms with Gasteiger partial charge in [-0.2, -0.15) is 0 Å². The molecule has 0 aromatic carbocycles. The molecule has 0 radical (unpaired) electrons. The third-order valence-corrected chi connectivity index (χ3v) is 2.10. The van der Waals surface area contributed by atoms with Gasteiger partial charge in [0.2, 0.25) is 0 Å². The van der Waals surface area contributed by atoms with Gasteiger partial charge in [0, 0.05) is 12.6 Å². The molecule has 1 aliphatic rings. The van der Waals surface area contributed by atoms with Crippen molar-refractivity contribution >= 4 is 0 Å². The topological polar surface area (TPSA) is 3.24 Å². The maximum Gasteiger partial charge on any atom is 0.0165 e. The minimum absolute atomic E-state index is 0.745. The highest BCUT2D eigenvalue weighted by atomic mass is 15.1. The summed E-state index contributed by atoms with van der Waals surface area (Å²) in [6.45, 7) is 5.62. The minimum atomic E-state index is 0.745. The van der Waals surface area contributed by atoms with E-state index in [-0.39, 0.29) is 0 Å². The van der Waals surface area contributed by atoms with E-state index in [9.17, 15) is 0 Å². The van der Waals surface area contributed by atoms with Crippen LogP contribution in [0.15, 0.2) is 11.6 Å². The average molecular weight is 125 g/mol. The minimum Gasteiger partial charge on any atom is -0.300 e. The molecule has 1 rings (SSSR count). The van der Waals surface area contributed by atoms with Crippen LogP contribution in [0, 0.1) is 0 Å². The molecule has 0 N–H and O–H groups in total. The molecule has 9 heavy (non-hydrogen) atoms. The zero-order valence-electron chi connectivity index (χ0n) is 6.52. The van der Waals surface area contributed by atoms with Crippen LogP contribution in [-0.4, -0.2) is 24.5 Å². The largest absolute Gasteiger partial charge is 0.300 e. The van der Waals surface area contributed by atoms with Gasteiger partial charge < -0.3 is 0 Å². The lowest BCUT2D eigenvalue weighted by Gasteiger charge is -2.27. The molecule has 0 saturated heterocycles. The van der Waals surface area contributed by atoms with Crippen molar-refractivity contribution in [1.82, 2.24) is 4.90 Å². The van der Waals surface area contributed by atoms with Gasteiger partial charge in [0.05, 0.1) is 0 Å². The summed E-state index contributed by atoms with van der Waals surface area (Å²) in [5.41, 5.74) is 1.54. The van der Waals surface area contributed by atoms with Crippen LogP contribution in [0.25, 0.3) is 0 Å². The molecule has 1 nitrogen and oxygen atoms in total. The maximum atomic E-state index is 2.37. The van der Waals surface area contributed by atoms with E-state index in [1.807, 2.05) is 0 Å². The second kappa shape index (κ2) is 2.53. The average Bonchev–Trinajstić information content (AvgIpc) is 1.80. The number of nitrogens with zero attached hydrogens (tertiary/aromatic N) is 1. The van der Waals surface area contributed by atoms with E-state index in [4.69, 9.17) is 0 Å². The molecule has 52 valence electrons. The van der Waals surface area contributed by atoms with Crippen LogP contribution in [0.4, 0.5) is 0 Å². The third-order valence-electron chi connectivity index (χ3n) is 2.10. The van der Waals surface area contributed by atoms with Crippen molar-refractivity contribution in [1.29, 1.82) is 0 Å². The first-order valence-electron chi connectivity index (χ1n) is 3.56. The van der Waals surface area contributed by atoms with Gasteiger partial charge in [0.15, 0.2) is 0 Å². The van der Waals surface area contributed by atoms with Crippen molar-refractivity contribution in [2.75, 3.05) is 13.6 Å². The van der Waals surface area contributed by atoms with Crippen molar-refractivity contribution in [3.63, 3.8) is 0 Å². The number of rotatable bonds is 0. The Labute approximate surface area is 57.4 Å². The molecule has 1 heterocycles. The fourth-order valence-electron chi connectivity index (χ4n) is 1.18. The van der Waals surface area contributed by atoms with Crippen LogP contribution in [0.2, 0.25) is 0 Å². The summed E-state index contributed by atoms with van der Waals surface area (Å²) in [5, 5.41) is 0. The van der Waals surface area contributed by atoms with E-state index in [2.05, 4.69) is 31.9 Å². The normalized spacial score (nSPS) is 30.1. The highest BCUT2D eigenvalue weighted by Crippen LogP contribution is 2.14. The Kier molecular flexibility index (Phi) is 1.91. The smallest absolute Gasteiger partial charge is 0.0165 e. The fourth-order valence-corrected chi connectivity index (χ4v) is 1.18. The molecule has 0 unspecified atom stereocenters. The molecule has 0 aliphatic carbocycles. The summed E-state index contributed by atoms with van der Waals surface area (Å²) < 4.78 is 0. The summed E-state index contributed by atoms with van der Waals surface area (Å²) >= 11 is 0. The second-order valence-corrected chi connectivity index (χ2v) is 3.04. The molecular weight excluding hydrogens is 110 g/mol. The Morgan fingerprint density at radius 1 is 1.67 bits per heavy atom. The van der Waals surface area contributed by atoms with Crippen LogP contribution >= 0.6 is 0 Å². The highest BCUT2D eigenvalue weighted by Gasteiger charge is 2.12. The van der Waals surface area contributed by atoms with Crippen LogP contribution in [-0.2, 0) is 0 Å². The molecule has 0 aromatic rings. The summed E-state index contributed by atoms with van der Waals surface area (Å²) in [5.74, 6) is 0. The van der Waals surface area contributed by atoms with Crippen LogP contribution in [0.1, 0.15) is 20.3 Å². The summed E-state index contributed by atoms with van der Waals surface area (Å²) in [6, 6.07) is 0.745. The van der Waals surface area contributed by atoms with Crippen molar-refractivity contribution in [2.24, 2.45) is 0 Å². The van der Waals surface area contributed by atoms with Crippen molar-refractivity contribution in [3.05, 3.63) is 11.6 Å². The molecule has 0 saturated carbocycles. The van der Waals surface area contributed by atoms with Crippen molar-refractivity contribution < 1.29 is 0 Å². The molecule has 0 bridgehead atoms. The summed E-state index contributed by atoms with van der Waals surface area (Å²) in [6.07, 6.45) is 3.55. The molecule has 0 amide bonds. The predicted molar refractivity (Wildman–Crippen MR) is 40.5 cm³/mol. The van der Waals surface area contributed by atoms with Crippen LogP contribution in [0.3, 0.4) is 0 Å². The van der Waals surface area contributed by atoms with Gasteiger partial charge in [0.25, 0.3) is 0 Å². The van der Waals surface area contributed by atoms with E-state index in [1.165, 1.54) is 6.42 Å². The molecular formula is C8H15N. The molecule has 1 atom stereocenters. The highest BCUT2D eigenvalue weighted by molar-refractivity contribution is 5.05. The van der Waals surface area contributed by atoms with Crippen molar-refractivity contribution in [2.45, 2.75) is 26.3 Å². The lowest BCUT2D eigenvalue weighted by Crippen LogP contribution is -2.32. The Balaban J connectivity index is 2.54. The molecule has 0 fully saturated rings. The first-order chi connectivity index (χ1) is 4.20. The predicted octanol–water partition coefficient (Wildman–Crippen LogP) is 1.66. The fraction of sp³-hybridized carbons (Fsp3) is 0.750. The molecule has 1 aliphatic heterocycles. The van der Waals surface area contributed by atoms with Gasteiger partial charge in [-0.25, -0.2) is 0 Å². The molecule has 1 heteroatoms. The number of hydrogen-bond acceptors (Lipinski definition) is 1. The lowest BCUT2D eigenvalue weighted by molar-refractivity contribution is 0.269. The SMILES string of the molecule is CC1=CCN(C)[C@@H](C)C1. The maximum absolute atomic E-state index is 2.37. The van der Waals surface area contributed by atoms with E-state index in [1.54, 1.807) is 5.57 Å². The Hall–Kier alpha value is -0.300. The first-order valence-corrected chi connectivity index (χ1v) is 3.56. The quantitative estimate of drug-likeness (QED) is 0.445. The summed E-state index contributed by atoms with van der Waals surface area (Å²) in [7, 11) is 2.17. The van der Waals surface area contributed by atoms with E-state index < -0.39 is 0 Å². The zero-order chi connectivity index (χ0) is 6.85. The Morgan fingerprint density at radius 2 is 2.33 bits per heavy atom. The monoisotopic (exact) mass is 125 g/mol. The van der Waals surface area contributed by atoms with Gasteiger partial charge in [-0.15, -0.1) is 0 Å². The number of hydrogen-bond donors (Lipinski definition) is 0. The van der Waals surface area contributed by atoms with Crippen molar-refractivity contribution in [3.8, 4) is 0 Å². The van der Waals surface area contributed by atoms with E-state index in [0.29, 0.717) is 0 Å². The number of likely N-dealkylation sites (N-methyl/N-ethyl adjacent to an activating group) is 1. The van der Waals surface area contributed by atoms with Gasteiger partial charge in [-0.3, -0.25) is 4.90 Å². The molecule has 0 spiro atoms. The Bertz CT molecular complexity index is 127. The lowest BCUT2D eigenvalue weighted by atomic mass is 10.0.